The lowest BCUT2D eigenvalue weighted by atomic mass is 10.1. The molecule has 2 atom stereocenters. The van der Waals surface area contributed by atoms with Crippen LogP contribution in [0.3, 0.4) is 0 Å². The highest BCUT2D eigenvalue weighted by Crippen LogP contribution is 2.28. The van der Waals surface area contributed by atoms with Crippen molar-refractivity contribution >= 4 is 9.84 Å². The van der Waals surface area contributed by atoms with Gasteiger partial charge >= 0.3 is 0 Å². The monoisotopic (exact) mass is 271 g/mol. The second-order valence-corrected chi connectivity index (χ2v) is 7.32. The van der Waals surface area contributed by atoms with Crippen molar-refractivity contribution in [2.45, 2.75) is 37.6 Å². The summed E-state index contributed by atoms with van der Waals surface area (Å²) in [6.07, 6.45) is 3.95. The molecule has 1 aromatic heterocycles. The summed E-state index contributed by atoms with van der Waals surface area (Å²) in [5.74, 6) is 1.47. The molecule has 1 aromatic rings. The molecule has 2 unspecified atom stereocenters. The third kappa shape index (κ3) is 2.42. The van der Waals surface area contributed by atoms with Gasteiger partial charge in [0.15, 0.2) is 15.7 Å². The number of hydrogen-bond donors (Lipinski definition) is 1. The van der Waals surface area contributed by atoms with Gasteiger partial charge in [0, 0.05) is 5.92 Å². The third-order valence-electron chi connectivity index (χ3n) is 3.66. The minimum absolute atomic E-state index is 0.0870. The van der Waals surface area contributed by atoms with E-state index in [1.807, 2.05) is 0 Å². The van der Waals surface area contributed by atoms with Crippen LogP contribution in [0.15, 0.2) is 4.52 Å². The number of rotatable bonds is 2. The molecule has 6 nitrogen and oxygen atoms in total. The molecule has 3 rings (SSSR count). The molecule has 2 aliphatic heterocycles. The van der Waals surface area contributed by atoms with E-state index in [-0.39, 0.29) is 23.5 Å². The Morgan fingerprint density at radius 2 is 2.17 bits per heavy atom. The summed E-state index contributed by atoms with van der Waals surface area (Å²) < 4.78 is 28.1. The summed E-state index contributed by atoms with van der Waals surface area (Å²) in [4.78, 5) is 4.38. The summed E-state index contributed by atoms with van der Waals surface area (Å²) in [6, 6.07) is 0.137. The fourth-order valence-corrected chi connectivity index (χ4v) is 4.35. The predicted molar refractivity (Wildman–Crippen MR) is 64.9 cm³/mol. The Hall–Kier alpha value is -0.950. The van der Waals surface area contributed by atoms with Crippen molar-refractivity contribution in [1.29, 1.82) is 0 Å². The maximum Gasteiger partial charge on any atom is 0.243 e. The molecule has 0 aliphatic carbocycles. The van der Waals surface area contributed by atoms with Crippen molar-refractivity contribution in [1.82, 2.24) is 15.5 Å². The van der Waals surface area contributed by atoms with Crippen molar-refractivity contribution in [2.24, 2.45) is 0 Å². The largest absolute Gasteiger partial charge is 0.338 e. The van der Waals surface area contributed by atoms with Gasteiger partial charge in [0.2, 0.25) is 5.89 Å². The highest BCUT2D eigenvalue weighted by atomic mass is 32.2. The Morgan fingerprint density at radius 1 is 1.28 bits per heavy atom. The Bertz CT molecular complexity index is 519. The minimum Gasteiger partial charge on any atom is -0.338 e. The summed E-state index contributed by atoms with van der Waals surface area (Å²) in [5, 5.41) is 7.29. The van der Waals surface area contributed by atoms with Crippen molar-refractivity contribution in [2.75, 3.05) is 18.1 Å². The van der Waals surface area contributed by atoms with E-state index in [2.05, 4.69) is 15.5 Å². The fraction of sp³-hybridized carbons (Fsp3) is 0.818. The molecular weight excluding hydrogens is 254 g/mol. The molecule has 7 heteroatoms. The van der Waals surface area contributed by atoms with Gasteiger partial charge in [-0.05, 0) is 25.8 Å². The van der Waals surface area contributed by atoms with Crippen LogP contribution in [0.1, 0.15) is 49.4 Å². The molecule has 0 saturated carbocycles. The second kappa shape index (κ2) is 4.62. The van der Waals surface area contributed by atoms with Gasteiger partial charge in [0.25, 0.3) is 0 Å². The zero-order chi connectivity index (χ0) is 12.6. The van der Waals surface area contributed by atoms with Gasteiger partial charge in [-0.15, -0.1) is 0 Å². The van der Waals surface area contributed by atoms with E-state index in [0.29, 0.717) is 18.1 Å². The molecule has 1 N–H and O–H groups in total. The van der Waals surface area contributed by atoms with Crippen LogP contribution in [0, 0.1) is 0 Å². The van der Waals surface area contributed by atoms with Gasteiger partial charge in [0.05, 0.1) is 17.5 Å². The van der Waals surface area contributed by atoms with E-state index in [1.54, 1.807) is 0 Å². The first kappa shape index (κ1) is 12.1. The van der Waals surface area contributed by atoms with Crippen LogP contribution in [0.25, 0.3) is 0 Å². The first-order valence-corrected chi connectivity index (χ1v) is 8.23. The quantitative estimate of drug-likeness (QED) is 0.856. The third-order valence-corrected chi connectivity index (χ3v) is 5.43. The van der Waals surface area contributed by atoms with Crippen LogP contribution in [-0.4, -0.2) is 36.6 Å². The molecule has 0 bridgehead atoms. The Morgan fingerprint density at radius 3 is 2.83 bits per heavy atom. The molecule has 2 aliphatic rings. The predicted octanol–water partition coefficient (Wildman–Crippen LogP) is 0.786. The number of nitrogens with one attached hydrogen (secondary N) is 1. The summed E-state index contributed by atoms with van der Waals surface area (Å²) in [6.45, 7) is 0.972. The molecule has 2 saturated heterocycles. The minimum atomic E-state index is -2.90. The summed E-state index contributed by atoms with van der Waals surface area (Å²) >= 11 is 0. The van der Waals surface area contributed by atoms with Crippen molar-refractivity contribution in [3.8, 4) is 0 Å². The van der Waals surface area contributed by atoms with Crippen molar-refractivity contribution in [3.05, 3.63) is 11.7 Å². The zero-order valence-corrected chi connectivity index (χ0v) is 10.9. The van der Waals surface area contributed by atoms with Crippen LogP contribution in [-0.2, 0) is 9.84 Å². The Balaban J connectivity index is 1.73. The van der Waals surface area contributed by atoms with Gasteiger partial charge in [-0.1, -0.05) is 11.6 Å². The summed E-state index contributed by atoms with van der Waals surface area (Å²) in [5.41, 5.74) is 0. The van der Waals surface area contributed by atoms with Crippen LogP contribution >= 0.6 is 0 Å². The Kier molecular flexibility index (Phi) is 3.11. The van der Waals surface area contributed by atoms with E-state index in [4.69, 9.17) is 4.52 Å². The lowest BCUT2D eigenvalue weighted by Gasteiger charge is -2.19. The van der Waals surface area contributed by atoms with Crippen molar-refractivity contribution < 1.29 is 12.9 Å². The smallest absolute Gasteiger partial charge is 0.243 e. The van der Waals surface area contributed by atoms with Crippen LogP contribution in [0.4, 0.5) is 0 Å². The number of nitrogens with zero attached hydrogens (tertiary/aromatic N) is 2. The maximum atomic E-state index is 11.4. The lowest BCUT2D eigenvalue weighted by molar-refractivity contribution is 0.295. The van der Waals surface area contributed by atoms with Gasteiger partial charge in [-0.2, -0.15) is 4.98 Å². The van der Waals surface area contributed by atoms with Gasteiger partial charge in [-0.3, -0.25) is 0 Å². The standard InChI is InChI=1S/C11H17N3O3S/c15-18(16)6-4-8(7-18)10-13-11(17-14-10)9-3-1-2-5-12-9/h8-9,12H,1-7H2. The van der Waals surface area contributed by atoms with E-state index < -0.39 is 9.84 Å². The topological polar surface area (TPSA) is 85.1 Å². The molecule has 100 valence electrons. The van der Waals surface area contributed by atoms with Crippen LogP contribution in [0.2, 0.25) is 0 Å². The summed E-state index contributed by atoms with van der Waals surface area (Å²) in [7, 11) is -2.90. The first-order valence-electron chi connectivity index (χ1n) is 6.41. The van der Waals surface area contributed by atoms with E-state index in [9.17, 15) is 8.42 Å². The molecule has 0 amide bonds. The van der Waals surface area contributed by atoms with Gasteiger partial charge in [0.1, 0.15) is 0 Å². The molecular formula is C11H17N3O3S. The van der Waals surface area contributed by atoms with E-state index >= 15 is 0 Å². The number of aromatic nitrogens is 2. The average molecular weight is 271 g/mol. The van der Waals surface area contributed by atoms with Crippen LogP contribution < -0.4 is 5.32 Å². The number of sulfone groups is 1. The normalized spacial score (nSPS) is 31.6. The highest BCUT2D eigenvalue weighted by Gasteiger charge is 2.33. The molecule has 0 radical (unpaired) electrons. The zero-order valence-electron chi connectivity index (χ0n) is 10.1. The number of hydrogen-bond acceptors (Lipinski definition) is 6. The average Bonchev–Trinajstić information content (AvgIpc) is 2.96. The molecule has 0 spiro atoms. The second-order valence-electron chi connectivity index (χ2n) is 5.09. The van der Waals surface area contributed by atoms with E-state index in [0.717, 1.165) is 19.4 Å². The first-order chi connectivity index (χ1) is 8.64. The van der Waals surface area contributed by atoms with Gasteiger partial charge in [-0.25, -0.2) is 8.42 Å². The maximum absolute atomic E-state index is 11.4. The van der Waals surface area contributed by atoms with E-state index in [1.165, 1.54) is 6.42 Å². The fourth-order valence-electron chi connectivity index (χ4n) is 2.62. The highest BCUT2D eigenvalue weighted by molar-refractivity contribution is 7.91. The lowest BCUT2D eigenvalue weighted by Crippen LogP contribution is -2.27. The Labute approximate surface area is 106 Å². The van der Waals surface area contributed by atoms with Crippen LogP contribution in [0.5, 0.6) is 0 Å². The SMILES string of the molecule is O=S1(=O)CCC(c2noc(C3CCCCN3)n2)C1. The number of piperidine rings is 1. The van der Waals surface area contributed by atoms with Crippen molar-refractivity contribution in [3.63, 3.8) is 0 Å². The molecule has 18 heavy (non-hydrogen) atoms. The molecule has 3 heterocycles. The van der Waals surface area contributed by atoms with Gasteiger partial charge < -0.3 is 9.84 Å². The molecule has 0 aromatic carbocycles. The molecule has 2 fully saturated rings.